The first kappa shape index (κ1) is 32.8. The lowest BCUT2D eigenvalue weighted by atomic mass is 9.81. The molecule has 1 atom stereocenters. The van der Waals surface area contributed by atoms with Crippen molar-refractivity contribution in [3.05, 3.63) is 204 Å². The number of para-hydroxylation sites is 2. The fraction of sp³-hybridized carbons (Fsp3) is 0.0755. The average molecular weight is 746 g/mol. The summed E-state index contributed by atoms with van der Waals surface area (Å²) < 4.78 is 13.3. The molecule has 0 N–H and O–H groups in total. The first-order valence-electron chi connectivity index (χ1n) is 20.0. The Hall–Kier alpha value is -7.37. The van der Waals surface area contributed by atoms with Gasteiger partial charge in [0, 0.05) is 50.6 Å². The number of benzene rings is 7. The minimum absolute atomic E-state index is 0.0272. The maximum Gasteiger partial charge on any atom is 0.164 e. The van der Waals surface area contributed by atoms with Gasteiger partial charge in [0.2, 0.25) is 0 Å². The summed E-state index contributed by atoms with van der Waals surface area (Å²) in [6, 6.07) is 53.1. The molecule has 2 aliphatic rings. The molecule has 0 amide bonds. The van der Waals surface area contributed by atoms with E-state index in [0.717, 1.165) is 89.9 Å². The van der Waals surface area contributed by atoms with Crippen LogP contribution in [0.15, 0.2) is 179 Å². The molecule has 0 radical (unpaired) electrons. The van der Waals surface area contributed by atoms with E-state index in [1.807, 2.05) is 12.1 Å². The summed E-state index contributed by atoms with van der Waals surface area (Å²) in [5.74, 6) is 2.90. The molecular formula is C53H35N3O2. The zero-order valence-electron chi connectivity index (χ0n) is 31.5. The minimum Gasteiger partial charge on any atom is -0.460 e. The van der Waals surface area contributed by atoms with Crippen LogP contribution in [0.5, 0.6) is 0 Å². The van der Waals surface area contributed by atoms with Crippen molar-refractivity contribution in [1.29, 1.82) is 0 Å². The molecule has 10 aromatic rings. The third-order valence-corrected chi connectivity index (χ3v) is 12.0. The molecule has 0 bridgehead atoms. The van der Waals surface area contributed by atoms with Crippen LogP contribution in [0.1, 0.15) is 52.9 Å². The summed E-state index contributed by atoms with van der Waals surface area (Å²) >= 11 is 0. The molecular weight excluding hydrogens is 711 g/mol. The van der Waals surface area contributed by atoms with Gasteiger partial charge in [0.25, 0.3) is 0 Å². The van der Waals surface area contributed by atoms with Crippen LogP contribution in [0.4, 0.5) is 0 Å². The number of allylic oxidation sites excluding steroid dienone is 5. The predicted octanol–water partition coefficient (Wildman–Crippen LogP) is 13.5. The predicted molar refractivity (Wildman–Crippen MR) is 235 cm³/mol. The zero-order valence-corrected chi connectivity index (χ0v) is 31.5. The van der Waals surface area contributed by atoms with Crippen molar-refractivity contribution in [2.45, 2.75) is 25.2 Å². The number of rotatable bonds is 5. The Morgan fingerprint density at radius 3 is 1.95 bits per heavy atom. The summed E-state index contributed by atoms with van der Waals surface area (Å²) in [7, 11) is 0. The molecule has 0 aliphatic heterocycles. The zero-order chi connectivity index (χ0) is 38.2. The van der Waals surface area contributed by atoms with Gasteiger partial charge in [-0.25, -0.2) is 15.0 Å². The number of hydrogen-bond donors (Lipinski definition) is 0. The average Bonchev–Trinajstić information content (AvgIpc) is 3.87. The summed E-state index contributed by atoms with van der Waals surface area (Å²) in [6.45, 7) is 0. The van der Waals surface area contributed by atoms with Gasteiger partial charge in [-0.2, -0.15) is 0 Å². The highest BCUT2D eigenvalue weighted by Crippen LogP contribution is 2.46. The van der Waals surface area contributed by atoms with Crippen LogP contribution < -0.4 is 0 Å². The molecule has 58 heavy (non-hydrogen) atoms. The molecule has 5 nitrogen and oxygen atoms in total. The molecule has 7 aromatic carbocycles. The van der Waals surface area contributed by atoms with Crippen LogP contribution in [0, 0.1) is 0 Å². The van der Waals surface area contributed by atoms with E-state index in [-0.39, 0.29) is 5.92 Å². The number of aromatic nitrogens is 3. The van der Waals surface area contributed by atoms with Crippen molar-refractivity contribution < 1.29 is 8.83 Å². The van der Waals surface area contributed by atoms with Crippen molar-refractivity contribution in [3.8, 4) is 11.4 Å². The van der Waals surface area contributed by atoms with Crippen LogP contribution in [-0.4, -0.2) is 15.0 Å². The van der Waals surface area contributed by atoms with Gasteiger partial charge in [-0.15, -0.1) is 0 Å². The Kier molecular flexibility index (Phi) is 7.42. The molecule has 5 heteroatoms. The summed E-state index contributed by atoms with van der Waals surface area (Å²) in [4.78, 5) is 16.0. The molecule has 3 aromatic heterocycles. The molecule has 0 spiro atoms. The van der Waals surface area contributed by atoms with Crippen molar-refractivity contribution in [2.75, 3.05) is 0 Å². The molecule has 12 rings (SSSR count). The monoisotopic (exact) mass is 745 g/mol. The fourth-order valence-electron chi connectivity index (χ4n) is 9.16. The molecule has 1 unspecified atom stereocenters. The van der Waals surface area contributed by atoms with Crippen LogP contribution in [-0.2, 0) is 6.42 Å². The molecule has 2 aliphatic carbocycles. The standard InChI is InChI=1S/C53H35N3O2/c1-2-12-32(13-3-1)34-22-25-35(26-23-34)51-54-52(37-27-24-33-14-4-5-15-36(33)28-37)56-53(55-51)45-29-38(30-48-49(45)42-19-9-11-21-47(42)57-48)43-31-44-40-17-8-10-20-46(40)58-50(44)41-18-7-6-16-39(41)43/h1-22,24-25,27-29,31,38H,23,26,30H2. The van der Waals surface area contributed by atoms with Gasteiger partial charge in [0.1, 0.15) is 22.5 Å². The minimum atomic E-state index is -0.0272. The number of hydrogen-bond acceptors (Lipinski definition) is 5. The van der Waals surface area contributed by atoms with Crippen LogP contribution in [0.3, 0.4) is 0 Å². The maximum atomic E-state index is 6.76. The van der Waals surface area contributed by atoms with Gasteiger partial charge in [-0.3, -0.25) is 0 Å². The Morgan fingerprint density at radius 2 is 1.12 bits per heavy atom. The van der Waals surface area contributed by atoms with E-state index in [1.54, 1.807) is 0 Å². The van der Waals surface area contributed by atoms with E-state index < -0.39 is 0 Å². The number of furan rings is 2. The smallest absolute Gasteiger partial charge is 0.164 e. The Labute approximate surface area is 334 Å². The van der Waals surface area contributed by atoms with E-state index in [1.165, 1.54) is 22.1 Å². The Balaban J connectivity index is 1.09. The second kappa shape index (κ2) is 13.1. The van der Waals surface area contributed by atoms with Crippen molar-refractivity contribution in [2.24, 2.45) is 0 Å². The maximum absolute atomic E-state index is 6.76. The van der Waals surface area contributed by atoms with E-state index in [0.29, 0.717) is 23.9 Å². The van der Waals surface area contributed by atoms with Gasteiger partial charge in [-0.1, -0.05) is 146 Å². The van der Waals surface area contributed by atoms with Gasteiger partial charge in [-0.05, 0) is 75.5 Å². The molecule has 0 saturated carbocycles. The van der Waals surface area contributed by atoms with Gasteiger partial charge < -0.3 is 8.83 Å². The van der Waals surface area contributed by atoms with Gasteiger partial charge in [0.05, 0.1) is 0 Å². The summed E-state index contributed by atoms with van der Waals surface area (Å²) in [5, 5.41) is 7.87. The van der Waals surface area contributed by atoms with E-state index in [9.17, 15) is 0 Å². The highest BCUT2D eigenvalue weighted by Gasteiger charge is 2.31. The third-order valence-electron chi connectivity index (χ3n) is 12.0. The third kappa shape index (κ3) is 5.35. The number of nitrogens with zero attached hydrogens (tertiary/aromatic N) is 3. The fourth-order valence-corrected chi connectivity index (χ4v) is 9.16. The van der Waals surface area contributed by atoms with Crippen molar-refractivity contribution >= 4 is 71.2 Å². The molecule has 0 fully saturated rings. The SMILES string of the molecule is C1=C(c2ccccc2)CCC(c2nc(C3=CC(c4cc5c6ccccc6oc5c5ccccc45)Cc4oc5ccccc5c43)nc(-c3ccc4ccccc4c3)n2)=C1. The lowest BCUT2D eigenvalue weighted by Gasteiger charge is -2.23. The van der Waals surface area contributed by atoms with Crippen LogP contribution in [0.25, 0.3) is 82.6 Å². The van der Waals surface area contributed by atoms with Crippen molar-refractivity contribution in [3.63, 3.8) is 0 Å². The van der Waals surface area contributed by atoms with E-state index in [4.69, 9.17) is 23.8 Å². The van der Waals surface area contributed by atoms with Crippen molar-refractivity contribution in [1.82, 2.24) is 15.0 Å². The normalized spacial score (nSPS) is 15.5. The summed E-state index contributed by atoms with van der Waals surface area (Å²) in [6.07, 6.45) is 9.24. The largest absolute Gasteiger partial charge is 0.460 e. The van der Waals surface area contributed by atoms with E-state index >= 15 is 0 Å². The molecule has 3 heterocycles. The highest BCUT2D eigenvalue weighted by atomic mass is 16.3. The first-order chi connectivity index (χ1) is 28.7. The van der Waals surface area contributed by atoms with Gasteiger partial charge >= 0.3 is 0 Å². The van der Waals surface area contributed by atoms with Crippen LogP contribution >= 0.6 is 0 Å². The topological polar surface area (TPSA) is 65.0 Å². The molecule has 274 valence electrons. The number of fused-ring (bicyclic) bond motifs is 9. The Bertz CT molecular complexity index is 3380. The van der Waals surface area contributed by atoms with E-state index in [2.05, 4.69) is 158 Å². The highest BCUT2D eigenvalue weighted by molar-refractivity contribution is 6.16. The lowest BCUT2D eigenvalue weighted by Crippen LogP contribution is -2.12. The first-order valence-corrected chi connectivity index (χ1v) is 20.0. The second-order valence-electron chi connectivity index (χ2n) is 15.4. The molecule has 0 saturated heterocycles. The quantitative estimate of drug-likeness (QED) is 0.175. The van der Waals surface area contributed by atoms with Gasteiger partial charge in [0.15, 0.2) is 17.5 Å². The lowest BCUT2D eigenvalue weighted by molar-refractivity contribution is 0.532. The Morgan fingerprint density at radius 1 is 0.466 bits per heavy atom. The summed E-state index contributed by atoms with van der Waals surface area (Å²) in [5.41, 5.74) is 10.5. The van der Waals surface area contributed by atoms with Crippen LogP contribution in [0.2, 0.25) is 0 Å². The second-order valence-corrected chi connectivity index (χ2v) is 15.4.